The molecule has 0 saturated heterocycles. The van der Waals surface area contributed by atoms with E-state index in [2.05, 4.69) is 10.4 Å². The lowest BCUT2D eigenvalue weighted by molar-refractivity contribution is -0.385. The maximum atomic E-state index is 12.6. The van der Waals surface area contributed by atoms with Gasteiger partial charge in [-0.25, -0.2) is 0 Å². The summed E-state index contributed by atoms with van der Waals surface area (Å²) in [5.74, 6) is -0.182. The zero-order valence-electron chi connectivity index (χ0n) is 13.7. The second-order valence-corrected chi connectivity index (χ2v) is 5.25. The van der Waals surface area contributed by atoms with Crippen LogP contribution >= 0.6 is 12.4 Å². The van der Waals surface area contributed by atoms with Gasteiger partial charge in [0.25, 0.3) is 5.69 Å². The molecule has 1 aromatic heterocycles. The van der Waals surface area contributed by atoms with Crippen LogP contribution in [0.1, 0.15) is 17.2 Å². The molecule has 0 aliphatic carbocycles. The molecule has 2 rings (SSSR count). The largest absolute Gasteiger partial charge is 0.340 e. The Labute approximate surface area is 146 Å². The Kier molecular flexibility index (Phi) is 6.87. The molecule has 1 heterocycles. The van der Waals surface area contributed by atoms with Crippen molar-refractivity contribution in [2.24, 2.45) is 7.05 Å². The first-order chi connectivity index (χ1) is 10.9. The summed E-state index contributed by atoms with van der Waals surface area (Å²) in [6, 6.07) is 5.87. The lowest BCUT2D eigenvalue weighted by Crippen LogP contribution is -2.37. The number of carbonyl (C=O) groups is 1. The van der Waals surface area contributed by atoms with Crippen LogP contribution in [-0.2, 0) is 18.4 Å². The minimum Gasteiger partial charge on any atom is -0.340 e. The van der Waals surface area contributed by atoms with E-state index in [1.807, 2.05) is 0 Å². The van der Waals surface area contributed by atoms with E-state index in [0.717, 1.165) is 5.56 Å². The number of hydrogen-bond donors (Lipinski definition) is 1. The van der Waals surface area contributed by atoms with Gasteiger partial charge in [-0.1, -0.05) is 18.2 Å². The van der Waals surface area contributed by atoms with E-state index in [4.69, 9.17) is 0 Å². The summed E-state index contributed by atoms with van der Waals surface area (Å²) in [6.45, 7) is 0.161. The van der Waals surface area contributed by atoms with Gasteiger partial charge >= 0.3 is 0 Å². The van der Waals surface area contributed by atoms with Crippen molar-refractivity contribution in [3.63, 3.8) is 0 Å². The SMILES string of the molecule is CNC(C(=O)N(C)Cc1ccccc1[N+](=O)[O-])c1cnn(C)c1.Cl. The van der Waals surface area contributed by atoms with E-state index in [-0.39, 0.29) is 30.5 Å². The molecular weight excluding hydrogens is 334 g/mol. The van der Waals surface area contributed by atoms with E-state index in [0.29, 0.717) is 5.56 Å². The first kappa shape index (κ1) is 19.6. The fraction of sp³-hybridized carbons (Fsp3) is 0.333. The van der Waals surface area contributed by atoms with Crippen LogP contribution in [0.5, 0.6) is 0 Å². The van der Waals surface area contributed by atoms with Crippen LogP contribution < -0.4 is 5.32 Å². The Hall–Kier alpha value is -2.45. The van der Waals surface area contributed by atoms with Crippen LogP contribution in [0.3, 0.4) is 0 Å². The summed E-state index contributed by atoms with van der Waals surface area (Å²) in [7, 11) is 5.09. The maximum Gasteiger partial charge on any atom is 0.274 e. The maximum absolute atomic E-state index is 12.6. The molecule has 0 spiro atoms. The topological polar surface area (TPSA) is 93.3 Å². The van der Waals surface area contributed by atoms with Crippen molar-refractivity contribution >= 4 is 24.0 Å². The van der Waals surface area contributed by atoms with Crippen molar-refractivity contribution in [2.75, 3.05) is 14.1 Å². The van der Waals surface area contributed by atoms with Crippen LogP contribution in [0.2, 0.25) is 0 Å². The van der Waals surface area contributed by atoms with E-state index < -0.39 is 11.0 Å². The van der Waals surface area contributed by atoms with Crippen molar-refractivity contribution in [3.8, 4) is 0 Å². The molecule has 1 amide bonds. The molecule has 24 heavy (non-hydrogen) atoms. The number of rotatable bonds is 6. The van der Waals surface area contributed by atoms with Gasteiger partial charge in [-0.15, -0.1) is 12.4 Å². The normalized spacial score (nSPS) is 11.5. The molecule has 2 aromatic rings. The second-order valence-electron chi connectivity index (χ2n) is 5.25. The van der Waals surface area contributed by atoms with Gasteiger partial charge in [0.1, 0.15) is 6.04 Å². The highest BCUT2D eigenvalue weighted by Crippen LogP contribution is 2.21. The third-order valence-electron chi connectivity index (χ3n) is 3.57. The standard InChI is InChI=1S/C15H19N5O3.ClH/c1-16-14(12-8-17-19(3)10-12)15(21)18(2)9-11-6-4-5-7-13(11)20(22)23;/h4-8,10,14,16H,9H2,1-3H3;1H. The Morgan fingerprint density at radius 3 is 2.67 bits per heavy atom. The second kappa shape index (κ2) is 8.42. The molecule has 9 heteroatoms. The summed E-state index contributed by atoms with van der Waals surface area (Å²) < 4.78 is 1.62. The molecule has 0 radical (unpaired) electrons. The Morgan fingerprint density at radius 1 is 1.46 bits per heavy atom. The number of nitrogens with one attached hydrogen (secondary N) is 1. The van der Waals surface area contributed by atoms with Crippen molar-refractivity contribution in [1.82, 2.24) is 20.0 Å². The first-order valence-electron chi connectivity index (χ1n) is 7.07. The number of nitro benzene ring substituents is 1. The number of hydrogen-bond acceptors (Lipinski definition) is 5. The lowest BCUT2D eigenvalue weighted by atomic mass is 10.1. The molecule has 0 aliphatic heterocycles. The Bertz CT molecular complexity index is 719. The highest BCUT2D eigenvalue weighted by atomic mass is 35.5. The number of para-hydroxylation sites is 1. The van der Waals surface area contributed by atoms with Gasteiger partial charge in [-0.05, 0) is 7.05 Å². The summed E-state index contributed by atoms with van der Waals surface area (Å²) >= 11 is 0. The first-order valence-corrected chi connectivity index (χ1v) is 7.07. The lowest BCUT2D eigenvalue weighted by Gasteiger charge is -2.23. The van der Waals surface area contributed by atoms with Crippen molar-refractivity contribution in [1.29, 1.82) is 0 Å². The summed E-state index contributed by atoms with van der Waals surface area (Å²) in [5.41, 5.74) is 1.25. The fourth-order valence-electron chi connectivity index (χ4n) is 2.40. The van der Waals surface area contributed by atoms with Crippen LogP contribution in [0.15, 0.2) is 36.7 Å². The molecule has 8 nitrogen and oxygen atoms in total. The van der Waals surface area contributed by atoms with Gasteiger partial charge in [-0.2, -0.15) is 5.10 Å². The molecular formula is C15H20ClN5O3. The molecule has 1 unspecified atom stereocenters. The quantitative estimate of drug-likeness (QED) is 0.629. The molecule has 0 aliphatic rings. The highest BCUT2D eigenvalue weighted by Gasteiger charge is 2.25. The van der Waals surface area contributed by atoms with Crippen LogP contribution in [-0.4, -0.2) is 39.6 Å². The monoisotopic (exact) mass is 353 g/mol. The van der Waals surface area contributed by atoms with Gasteiger partial charge in [0.05, 0.1) is 17.7 Å². The number of aryl methyl sites for hydroxylation is 1. The summed E-state index contributed by atoms with van der Waals surface area (Å²) in [4.78, 5) is 24.7. The number of aromatic nitrogens is 2. The van der Waals surface area contributed by atoms with Crippen LogP contribution in [0.4, 0.5) is 5.69 Å². The number of nitro groups is 1. The number of nitrogens with zero attached hydrogens (tertiary/aromatic N) is 4. The minimum absolute atomic E-state index is 0. The predicted molar refractivity (Wildman–Crippen MR) is 91.8 cm³/mol. The van der Waals surface area contributed by atoms with E-state index >= 15 is 0 Å². The summed E-state index contributed by atoms with van der Waals surface area (Å²) in [5, 5.41) is 18.1. The number of carbonyl (C=O) groups excluding carboxylic acids is 1. The number of likely N-dealkylation sites (N-methyl/N-ethyl adjacent to an activating group) is 2. The van der Waals surface area contributed by atoms with Crippen LogP contribution in [0.25, 0.3) is 0 Å². The highest BCUT2D eigenvalue weighted by molar-refractivity contribution is 5.85. The molecule has 0 bridgehead atoms. The number of benzene rings is 1. The number of amides is 1. The summed E-state index contributed by atoms with van der Waals surface area (Å²) in [6.07, 6.45) is 3.38. The zero-order chi connectivity index (χ0) is 17.0. The van der Waals surface area contributed by atoms with Crippen molar-refractivity contribution < 1.29 is 9.72 Å². The Balaban J connectivity index is 0.00000288. The van der Waals surface area contributed by atoms with Gasteiger partial charge in [0, 0.05) is 37.5 Å². The van der Waals surface area contributed by atoms with Gasteiger partial charge < -0.3 is 10.2 Å². The third-order valence-corrected chi connectivity index (χ3v) is 3.57. The average Bonchev–Trinajstić information content (AvgIpc) is 2.94. The molecule has 0 saturated carbocycles. The van der Waals surface area contributed by atoms with Gasteiger partial charge in [0.2, 0.25) is 5.91 Å². The van der Waals surface area contributed by atoms with Crippen molar-refractivity contribution in [3.05, 3.63) is 57.9 Å². The van der Waals surface area contributed by atoms with E-state index in [1.165, 1.54) is 11.0 Å². The van der Waals surface area contributed by atoms with Gasteiger partial charge in [-0.3, -0.25) is 19.6 Å². The third kappa shape index (κ3) is 4.30. The molecule has 130 valence electrons. The van der Waals surface area contributed by atoms with E-state index in [9.17, 15) is 14.9 Å². The van der Waals surface area contributed by atoms with Gasteiger partial charge in [0.15, 0.2) is 0 Å². The molecule has 1 atom stereocenters. The minimum atomic E-state index is -0.545. The molecule has 1 aromatic carbocycles. The van der Waals surface area contributed by atoms with E-state index in [1.54, 1.807) is 56.4 Å². The predicted octanol–water partition coefficient (Wildman–Crippen LogP) is 1.67. The Morgan fingerprint density at radius 2 is 2.12 bits per heavy atom. The average molecular weight is 354 g/mol. The molecule has 0 fully saturated rings. The fourth-order valence-corrected chi connectivity index (χ4v) is 2.40. The van der Waals surface area contributed by atoms with Crippen molar-refractivity contribution in [2.45, 2.75) is 12.6 Å². The zero-order valence-corrected chi connectivity index (χ0v) is 14.5. The smallest absolute Gasteiger partial charge is 0.274 e. The van der Waals surface area contributed by atoms with Crippen LogP contribution in [0, 0.1) is 10.1 Å². The molecule has 1 N–H and O–H groups in total. The number of halogens is 1.